The molecule has 1 aliphatic carbocycles. The molecule has 0 unspecified atom stereocenters. The van der Waals surface area contributed by atoms with Crippen molar-refractivity contribution in [3.05, 3.63) is 29.6 Å². The molecule has 0 saturated heterocycles. The Balaban J connectivity index is 2.37. The van der Waals surface area contributed by atoms with Gasteiger partial charge < -0.3 is 10.8 Å². The van der Waals surface area contributed by atoms with Crippen LogP contribution in [0.15, 0.2) is 23.1 Å². The number of aliphatic hydroxyl groups excluding tert-OH is 1. The molecule has 0 heterocycles. The molecule has 7 heteroatoms. The average Bonchev–Trinajstić information content (AvgIpc) is 3.20. The number of hydrogen-bond donors (Lipinski definition) is 2. The van der Waals surface area contributed by atoms with Crippen molar-refractivity contribution in [2.45, 2.75) is 30.3 Å². The molecule has 0 aromatic heterocycles. The van der Waals surface area contributed by atoms with Gasteiger partial charge in [0.05, 0.1) is 11.5 Å². The number of hydrogen-bond acceptors (Lipinski definition) is 4. The van der Waals surface area contributed by atoms with Crippen LogP contribution in [-0.2, 0) is 16.6 Å². The van der Waals surface area contributed by atoms with E-state index in [2.05, 4.69) is 0 Å². The molecule has 1 aliphatic rings. The second-order valence-corrected chi connectivity index (χ2v) is 6.42. The van der Waals surface area contributed by atoms with Crippen LogP contribution in [0.5, 0.6) is 0 Å². The maximum absolute atomic E-state index is 13.3. The molecule has 0 radical (unpaired) electrons. The molecule has 3 N–H and O–H groups in total. The van der Waals surface area contributed by atoms with Crippen LogP contribution >= 0.6 is 0 Å². The maximum Gasteiger partial charge on any atom is 0.243 e. The molecule has 1 aromatic rings. The lowest BCUT2D eigenvalue weighted by Gasteiger charge is -2.21. The minimum atomic E-state index is -3.70. The van der Waals surface area contributed by atoms with Crippen LogP contribution in [0.1, 0.15) is 18.4 Å². The van der Waals surface area contributed by atoms with Crippen molar-refractivity contribution in [2.24, 2.45) is 5.73 Å². The van der Waals surface area contributed by atoms with Gasteiger partial charge in [-0.15, -0.1) is 0 Å². The first-order valence-electron chi connectivity index (χ1n) is 6.12. The zero-order chi connectivity index (χ0) is 14.0. The van der Waals surface area contributed by atoms with Gasteiger partial charge in [0.15, 0.2) is 0 Å². The number of sulfonamides is 1. The third kappa shape index (κ3) is 2.94. The van der Waals surface area contributed by atoms with E-state index in [1.807, 2.05) is 0 Å². The third-order valence-electron chi connectivity index (χ3n) is 3.12. The highest BCUT2D eigenvalue weighted by Crippen LogP contribution is 2.32. The van der Waals surface area contributed by atoms with E-state index >= 15 is 0 Å². The Bertz CT molecular complexity index is 558. The topological polar surface area (TPSA) is 83.6 Å². The zero-order valence-corrected chi connectivity index (χ0v) is 11.2. The van der Waals surface area contributed by atoms with Crippen LogP contribution in [0.25, 0.3) is 0 Å². The summed E-state index contributed by atoms with van der Waals surface area (Å²) in [5.74, 6) is -0.512. The molecule has 5 nitrogen and oxygen atoms in total. The highest BCUT2D eigenvalue weighted by molar-refractivity contribution is 7.89. The molecule has 1 aromatic carbocycles. The van der Waals surface area contributed by atoms with Gasteiger partial charge in [0.25, 0.3) is 0 Å². The van der Waals surface area contributed by atoms with E-state index in [0.717, 1.165) is 18.9 Å². The lowest BCUT2D eigenvalue weighted by molar-refractivity contribution is 0.250. The first-order valence-corrected chi connectivity index (χ1v) is 7.56. The summed E-state index contributed by atoms with van der Waals surface area (Å²) in [5.41, 5.74) is 5.55. The van der Waals surface area contributed by atoms with E-state index < -0.39 is 15.8 Å². The monoisotopic (exact) mass is 288 g/mol. The van der Waals surface area contributed by atoms with E-state index in [1.54, 1.807) is 0 Å². The zero-order valence-electron chi connectivity index (χ0n) is 10.4. The number of nitrogens with zero attached hydrogens (tertiary/aromatic N) is 1. The van der Waals surface area contributed by atoms with Crippen LogP contribution in [0.3, 0.4) is 0 Å². The predicted molar refractivity (Wildman–Crippen MR) is 68.3 cm³/mol. The molecule has 106 valence electrons. The average molecular weight is 288 g/mol. The van der Waals surface area contributed by atoms with Crippen molar-refractivity contribution in [3.8, 4) is 0 Å². The Labute approximate surface area is 111 Å². The molecule has 0 spiro atoms. The lowest BCUT2D eigenvalue weighted by atomic mass is 10.2. The molecular weight excluding hydrogens is 271 g/mol. The van der Waals surface area contributed by atoms with Crippen molar-refractivity contribution < 1.29 is 17.9 Å². The van der Waals surface area contributed by atoms with Crippen LogP contribution < -0.4 is 5.73 Å². The van der Waals surface area contributed by atoms with Gasteiger partial charge in [0, 0.05) is 24.7 Å². The van der Waals surface area contributed by atoms with Gasteiger partial charge >= 0.3 is 0 Å². The number of benzene rings is 1. The van der Waals surface area contributed by atoms with Crippen molar-refractivity contribution in [1.82, 2.24) is 4.31 Å². The lowest BCUT2D eigenvalue weighted by Crippen LogP contribution is -2.35. The summed E-state index contributed by atoms with van der Waals surface area (Å²) in [5, 5.41) is 8.98. The van der Waals surface area contributed by atoms with Crippen molar-refractivity contribution in [1.29, 1.82) is 0 Å². The Morgan fingerprint density at radius 2 is 2.11 bits per heavy atom. The Morgan fingerprint density at radius 3 is 2.63 bits per heavy atom. The molecule has 0 aliphatic heterocycles. The second kappa shape index (κ2) is 5.54. The Kier molecular flexibility index (Phi) is 4.19. The van der Waals surface area contributed by atoms with Gasteiger partial charge in [-0.1, -0.05) is 0 Å². The van der Waals surface area contributed by atoms with Gasteiger partial charge in [-0.25, -0.2) is 12.8 Å². The van der Waals surface area contributed by atoms with E-state index in [4.69, 9.17) is 10.8 Å². The number of halogens is 1. The van der Waals surface area contributed by atoms with Gasteiger partial charge in [-0.3, -0.25) is 0 Å². The van der Waals surface area contributed by atoms with Crippen LogP contribution in [0, 0.1) is 5.82 Å². The normalized spacial score (nSPS) is 16.0. The summed E-state index contributed by atoms with van der Waals surface area (Å²) in [4.78, 5) is 0.0229. The van der Waals surface area contributed by atoms with Crippen molar-refractivity contribution in [2.75, 3.05) is 13.2 Å². The standard InChI is InChI=1S/C12H17FN2O3S/c13-12-4-3-11(7-9(12)8-14)19(17,18)15(5-6-16)10-1-2-10/h3-4,7,10,16H,1-2,5-6,8,14H2. The molecule has 19 heavy (non-hydrogen) atoms. The Hall–Kier alpha value is -1.02. The van der Waals surface area contributed by atoms with Gasteiger partial charge in [-0.05, 0) is 31.0 Å². The quantitative estimate of drug-likeness (QED) is 0.795. The van der Waals surface area contributed by atoms with E-state index in [0.29, 0.717) is 0 Å². The van der Waals surface area contributed by atoms with E-state index in [9.17, 15) is 12.8 Å². The fourth-order valence-corrected chi connectivity index (χ4v) is 3.69. The maximum atomic E-state index is 13.3. The van der Waals surface area contributed by atoms with Crippen LogP contribution in [0.4, 0.5) is 4.39 Å². The molecule has 1 saturated carbocycles. The fourth-order valence-electron chi connectivity index (χ4n) is 1.96. The van der Waals surface area contributed by atoms with Crippen molar-refractivity contribution in [3.63, 3.8) is 0 Å². The summed E-state index contributed by atoms with van der Waals surface area (Å²) in [7, 11) is -3.70. The molecule has 0 amide bonds. The third-order valence-corrected chi connectivity index (χ3v) is 5.07. The number of nitrogens with two attached hydrogens (primary N) is 1. The molecular formula is C12H17FN2O3S. The van der Waals surface area contributed by atoms with Crippen LogP contribution in [0.2, 0.25) is 0 Å². The Morgan fingerprint density at radius 1 is 1.42 bits per heavy atom. The molecule has 1 fully saturated rings. The smallest absolute Gasteiger partial charge is 0.243 e. The molecule has 0 bridgehead atoms. The number of rotatable bonds is 6. The molecule has 0 atom stereocenters. The van der Waals surface area contributed by atoms with Gasteiger partial charge in [0.1, 0.15) is 5.82 Å². The first-order chi connectivity index (χ1) is 9.00. The van der Waals surface area contributed by atoms with E-state index in [1.165, 1.54) is 16.4 Å². The second-order valence-electron chi connectivity index (χ2n) is 4.53. The summed E-state index contributed by atoms with van der Waals surface area (Å²) in [6.45, 7) is -0.234. The fraction of sp³-hybridized carbons (Fsp3) is 0.500. The van der Waals surface area contributed by atoms with Crippen LogP contribution in [-0.4, -0.2) is 37.0 Å². The number of aliphatic hydroxyl groups is 1. The minimum Gasteiger partial charge on any atom is -0.395 e. The summed E-state index contributed by atoms with van der Waals surface area (Å²) in [6.07, 6.45) is 1.59. The highest BCUT2D eigenvalue weighted by Gasteiger charge is 2.37. The summed E-state index contributed by atoms with van der Waals surface area (Å²) in [6, 6.07) is 3.55. The molecule has 2 rings (SSSR count). The SMILES string of the molecule is NCc1cc(S(=O)(=O)N(CCO)C2CC2)ccc1F. The summed E-state index contributed by atoms with van der Waals surface area (Å²) < 4.78 is 39.5. The van der Waals surface area contributed by atoms with E-state index in [-0.39, 0.29) is 36.2 Å². The van der Waals surface area contributed by atoms with Gasteiger partial charge in [0.2, 0.25) is 10.0 Å². The predicted octanol–water partition coefficient (Wildman–Crippen LogP) is 0.430. The summed E-state index contributed by atoms with van der Waals surface area (Å²) >= 11 is 0. The minimum absolute atomic E-state index is 0.0229. The largest absolute Gasteiger partial charge is 0.395 e. The highest BCUT2D eigenvalue weighted by atomic mass is 32.2. The van der Waals surface area contributed by atoms with Gasteiger partial charge in [-0.2, -0.15) is 4.31 Å². The first kappa shape index (κ1) is 14.4. The van der Waals surface area contributed by atoms with Crippen molar-refractivity contribution >= 4 is 10.0 Å².